The predicted molar refractivity (Wildman–Crippen MR) is 79.4 cm³/mol. The molecule has 0 aliphatic carbocycles. The van der Waals surface area contributed by atoms with Crippen LogP contribution in [-0.2, 0) is 0 Å². The second-order valence-corrected chi connectivity index (χ2v) is 5.35. The Labute approximate surface area is 116 Å². The van der Waals surface area contributed by atoms with E-state index < -0.39 is 0 Å². The van der Waals surface area contributed by atoms with E-state index in [4.69, 9.17) is 0 Å². The van der Waals surface area contributed by atoms with Gasteiger partial charge < -0.3 is 10.2 Å². The van der Waals surface area contributed by atoms with Gasteiger partial charge in [-0.1, -0.05) is 26.2 Å². The van der Waals surface area contributed by atoms with Crippen LogP contribution in [0.4, 0.5) is 5.95 Å². The lowest BCUT2D eigenvalue weighted by molar-refractivity contribution is 0.413. The van der Waals surface area contributed by atoms with Crippen LogP contribution >= 0.6 is 0 Å². The molecule has 2 rings (SSSR count). The van der Waals surface area contributed by atoms with Crippen LogP contribution < -0.4 is 10.2 Å². The molecule has 1 N–H and O–H groups in total. The normalized spacial score (nSPS) is 19.6. The molecule has 19 heavy (non-hydrogen) atoms. The molecule has 0 amide bonds. The maximum Gasteiger partial charge on any atom is 0.225 e. The largest absolute Gasteiger partial charge is 0.339 e. The molecule has 106 valence electrons. The lowest BCUT2D eigenvalue weighted by atomic mass is 10.1. The third-order valence-electron chi connectivity index (χ3n) is 3.72. The maximum atomic E-state index is 4.34. The van der Waals surface area contributed by atoms with E-state index in [0.717, 1.165) is 25.6 Å². The molecule has 1 saturated heterocycles. The summed E-state index contributed by atoms with van der Waals surface area (Å²) in [5.41, 5.74) is 0. The SMILES string of the molecule is CCCCCCNC1CCCN(c2ncccn2)C1. The smallest absolute Gasteiger partial charge is 0.225 e. The van der Waals surface area contributed by atoms with E-state index in [1.165, 1.54) is 38.5 Å². The number of nitrogens with one attached hydrogen (secondary N) is 1. The first-order chi connectivity index (χ1) is 9.40. The van der Waals surface area contributed by atoms with Gasteiger partial charge in [-0.2, -0.15) is 0 Å². The van der Waals surface area contributed by atoms with Crippen LogP contribution in [0.2, 0.25) is 0 Å². The van der Waals surface area contributed by atoms with E-state index >= 15 is 0 Å². The molecule has 1 fully saturated rings. The fourth-order valence-corrected chi connectivity index (χ4v) is 2.64. The molecule has 2 heterocycles. The third-order valence-corrected chi connectivity index (χ3v) is 3.72. The Morgan fingerprint density at radius 2 is 2.11 bits per heavy atom. The molecule has 1 aromatic heterocycles. The Bertz CT molecular complexity index is 341. The average molecular weight is 262 g/mol. The lowest BCUT2D eigenvalue weighted by Crippen LogP contribution is -2.46. The fourth-order valence-electron chi connectivity index (χ4n) is 2.64. The molecule has 0 bridgehead atoms. The predicted octanol–water partition coefficient (Wildman–Crippen LogP) is 2.62. The van der Waals surface area contributed by atoms with Crippen molar-refractivity contribution in [2.75, 3.05) is 24.5 Å². The van der Waals surface area contributed by atoms with E-state index in [2.05, 4.69) is 27.1 Å². The van der Waals surface area contributed by atoms with Crippen LogP contribution in [0, 0.1) is 0 Å². The molecule has 1 unspecified atom stereocenters. The van der Waals surface area contributed by atoms with Gasteiger partial charge in [-0.05, 0) is 31.9 Å². The number of anilines is 1. The Balaban J connectivity index is 1.72. The minimum absolute atomic E-state index is 0.596. The first-order valence-corrected chi connectivity index (χ1v) is 7.65. The van der Waals surface area contributed by atoms with Gasteiger partial charge in [0.2, 0.25) is 5.95 Å². The quantitative estimate of drug-likeness (QED) is 0.767. The fraction of sp³-hybridized carbons (Fsp3) is 0.733. The molecule has 0 aromatic carbocycles. The number of rotatable bonds is 7. The van der Waals surface area contributed by atoms with Crippen LogP contribution in [0.15, 0.2) is 18.5 Å². The molecule has 1 aromatic rings. The standard InChI is InChI=1S/C15H26N4/c1-2-3-4-5-9-16-14-8-6-12-19(13-14)15-17-10-7-11-18-15/h7,10-11,14,16H,2-6,8-9,12-13H2,1H3. The Morgan fingerprint density at radius 3 is 2.89 bits per heavy atom. The molecule has 4 nitrogen and oxygen atoms in total. The summed E-state index contributed by atoms with van der Waals surface area (Å²) >= 11 is 0. The highest BCUT2D eigenvalue weighted by molar-refractivity contribution is 5.29. The highest BCUT2D eigenvalue weighted by Gasteiger charge is 2.20. The summed E-state index contributed by atoms with van der Waals surface area (Å²) in [6.45, 7) is 5.52. The molecular formula is C15H26N4. The van der Waals surface area contributed by atoms with Crippen molar-refractivity contribution in [3.8, 4) is 0 Å². The van der Waals surface area contributed by atoms with Crippen molar-refractivity contribution in [3.05, 3.63) is 18.5 Å². The minimum atomic E-state index is 0.596. The molecule has 0 spiro atoms. The van der Waals surface area contributed by atoms with Gasteiger partial charge in [0, 0.05) is 31.5 Å². The molecule has 4 heteroatoms. The van der Waals surface area contributed by atoms with Gasteiger partial charge in [0.15, 0.2) is 0 Å². The Morgan fingerprint density at radius 1 is 1.26 bits per heavy atom. The number of hydrogen-bond acceptors (Lipinski definition) is 4. The third kappa shape index (κ3) is 4.78. The van der Waals surface area contributed by atoms with Gasteiger partial charge in [-0.3, -0.25) is 0 Å². The highest BCUT2D eigenvalue weighted by atomic mass is 15.3. The Hall–Kier alpha value is -1.16. The average Bonchev–Trinajstić information content (AvgIpc) is 2.48. The summed E-state index contributed by atoms with van der Waals surface area (Å²) < 4.78 is 0. The van der Waals surface area contributed by atoms with Gasteiger partial charge in [-0.25, -0.2) is 9.97 Å². The van der Waals surface area contributed by atoms with Crippen LogP contribution in [0.5, 0.6) is 0 Å². The maximum absolute atomic E-state index is 4.34. The van der Waals surface area contributed by atoms with Crippen molar-refractivity contribution in [1.29, 1.82) is 0 Å². The van der Waals surface area contributed by atoms with Crippen molar-refractivity contribution in [3.63, 3.8) is 0 Å². The summed E-state index contributed by atoms with van der Waals surface area (Å²) in [7, 11) is 0. The molecule has 0 radical (unpaired) electrons. The summed E-state index contributed by atoms with van der Waals surface area (Å²) in [4.78, 5) is 11.0. The van der Waals surface area contributed by atoms with Gasteiger partial charge >= 0.3 is 0 Å². The topological polar surface area (TPSA) is 41.0 Å². The lowest BCUT2D eigenvalue weighted by Gasteiger charge is -2.33. The van der Waals surface area contributed by atoms with E-state index in [0.29, 0.717) is 6.04 Å². The number of aromatic nitrogens is 2. The van der Waals surface area contributed by atoms with Crippen molar-refractivity contribution < 1.29 is 0 Å². The highest BCUT2D eigenvalue weighted by Crippen LogP contribution is 2.15. The zero-order chi connectivity index (χ0) is 13.3. The van der Waals surface area contributed by atoms with Gasteiger partial charge in [0.1, 0.15) is 0 Å². The molecule has 1 atom stereocenters. The van der Waals surface area contributed by atoms with Gasteiger partial charge in [0.05, 0.1) is 0 Å². The van der Waals surface area contributed by atoms with E-state index in [9.17, 15) is 0 Å². The van der Waals surface area contributed by atoms with Crippen LogP contribution in [0.1, 0.15) is 45.4 Å². The zero-order valence-corrected chi connectivity index (χ0v) is 12.0. The first-order valence-electron chi connectivity index (χ1n) is 7.65. The number of piperidine rings is 1. The zero-order valence-electron chi connectivity index (χ0n) is 12.0. The van der Waals surface area contributed by atoms with E-state index in [-0.39, 0.29) is 0 Å². The number of nitrogens with zero attached hydrogens (tertiary/aromatic N) is 3. The first kappa shape index (κ1) is 14.3. The molecule has 0 saturated carbocycles. The summed E-state index contributed by atoms with van der Waals surface area (Å²) in [6, 6.07) is 2.47. The van der Waals surface area contributed by atoms with Crippen molar-refractivity contribution in [2.24, 2.45) is 0 Å². The second kappa shape index (κ2) is 8.10. The molecule has 1 aliphatic rings. The number of unbranched alkanes of at least 4 members (excludes halogenated alkanes) is 3. The van der Waals surface area contributed by atoms with Crippen molar-refractivity contribution >= 4 is 5.95 Å². The summed E-state index contributed by atoms with van der Waals surface area (Å²) in [5, 5.41) is 3.68. The summed E-state index contributed by atoms with van der Waals surface area (Å²) in [5.74, 6) is 0.875. The second-order valence-electron chi connectivity index (χ2n) is 5.35. The van der Waals surface area contributed by atoms with Crippen molar-refractivity contribution in [1.82, 2.24) is 15.3 Å². The summed E-state index contributed by atoms with van der Waals surface area (Å²) in [6.07, 6.45) is 11.5. The van der Waals surface area contributed by atoms with Gasteiger partial charge in [0.25, 0.3) is 0 Å². The van der Waals surface area contributed by atoms with E-state index in [1.54, 1.807) is 0 Å². The van der Waals surface area contributed by atoms with Crippen LogP contribution in [0.25, 0.3) is 0 Å². The molecular weight excluding hydrogens is 236 g/mol. The van der Waals surface area contributed by atoms with Crippen LogP contribution in [0.3, 0.4) is 0 Å². The molecule has 1 aliphatic heterocycles. The van der Waals surface area contributed by atoms with Crippen LogP contribution in [-0.4, -0.2) is 35.6 Å². The minimum Gasteiger partial charge on any atom is -0.339 e. The monoisotopic (exact) mass is 262 g/mol. The van der Waals surface area contributed by atoms with Crippen molar-refractivity contribution in [2.45, 2.75) is 51.5 Å². The number of hydrogen-bond donors (Lipinski definition) is 1. The Kier molecular flexibility index (Phi) is 6.08. The van der Waals surface area contributed by atoms with E-state index in [1.807, 2.05) is 18.5 Å². The van der Waals surface area contributed by atoms with Gasteiger partial charge in [-0.15, -0.1) is 0 Å².